The third kappa shape index (κ3) is 4.29. The second kappa shape index (κ2) is 8.33. The topological polar surface area (TPSA) is 38.8 Å². The van der Waals surface area contributed by atoms with Gasteiger partial charge in [-0.25, -0.2) is 4.39 Å². The fraction of sp³-hybridized carbons (Fsp3) is 0.381. The zero-order chi connectivity index (χ0) is 18.6. The molecule has 1 aromatic heterocycles. The van der Waals surface area contributed by atoms with Crippen LogP contribution in [-0.4, -0.2) is 43.4 Å². The third-order valence-electron chi connectivity index (χ3n) is 5.04. The van der Waals surface area contributed by atoms with Crippen molar-refractivity contribution in [1.82, 2.24) is 4.90 Å². The number of carbonyl (C=O) groups is 1. The van der Waals surface area contributed by atoms with Gasteiger partial charge in [0.05, 0.1) is 13.2 Å². The minimum absolute atomic E-state index is 0.0163. The molecular weight excluding hydrogens is 365 g/mol. The number of rotatable bonds is 4. The standard InChI is InChI=1S/C21H22FNO3S/c22-18-4-2-1-3-17(18)19-7-5-16(27-19)6-8-20(24)23-11-9-15(10-12-23)21-25-13-14-26-21/h1-8,15,21H,9-14H2/b8-6+. The van der Waals surface area contributed by atoms with Gasteiger partial charge in [0, 0.05) is 40.4 Å². The van der Waals surface area contributed by atoms with Crippen LogP contribution in [0.4, 0.5) is 4.39 Å². The molecule has 1 aromatic carbocycles. The van der Waals surface area contributed by atoms with Crippen LogP contribution in [0.15, 0.2) is 42.5 Å². The first kappa shape index (κ1) is 18.3. The van der Waals surface area contributed by atoms with Crippen molar-refractivity contribution in [3.8, 4) is 10.4 Å². The van der Waals surface area contributed by atoms with Gasteiger partial charge < -0.3 is 14.4 Å². The molecule has 4 rings (SSSR count). The summed E-state index contributed by atoms with van der Waals surface area (Å²) in [5.41, 5.74) is 0.590. The number of amides is 1. The zero-order valence-electron chi connectivity index (χ0n) is 15.0. The van der Waals surface area contributed by atoms with Gasteiger partial charge in [0.1, 0.15) is 5.82 Å². The monoisotopic (exact) mass is 387 g/mol. The number of ether oxygens (including phenoxy) is 2. The van der Waals surface area contributed by atoms with E-state index in [0.29, 0.717) is 24.7 Å². The van der Waals surface area contributed by atoms with Crippen LogP contribution < -0.4 is 0 Å². The number of likely N-dealkylation sites (tertiary alicyclic amines) is 1. The molecule has 2 fully saturated rings. The number of piperidine rings is 1. The van der Waals surface area contributed by atoms with E-state index < -0.39 is 0 Å². The Kier molecular flexibility index (Phi) is 5.66. The number of hydrogen-bond donors (Lipinski definition) is 0. The van der Waals surface area contributed by atoms with Crippen molar-refractivity contribution in [2.24, 2.45) is 5.92 Å². The Morgan fingerprint density at radius 2 is 1.85 bits per heavy atom. The van der Waals surface area contributed by atoms with E-state index in [4.69, 9.17) is 9.47 Å². The van der Waals surface area contributed by atoms with Gasteiger partial charge in [-0.1, -0.05) is 18.2 Å². The molecule has 2 aromatic rings. The predicted octanol–water partition coefficient (Wildman–Crippen LogP) is 4.18. The maximum absolute atomic E-state index is 13.9. The lowest BCUT2D eigenvalue weighted by Crippen LogP contribution is -2.40. The highest BCUT2D eigenvalue weighted by molar-refractivity contribution is 7.16. The summed E-state index contributed by atoms with van der Waals surface area (Å²) in [5, 5.41) is 0. The van der Waals surface area contributed by atoms with Gasteiger partial charge in [0.25, 0.3) is 0 Å². The maximum atomic E-state index is 13.9. The molecule has 0 aliphatic carbocycles. The quantitative estimate of drug-likeness (QED) is 0.739. The second-order valence-electron chi connectivity index (χ2n) is 6.79. The maximum Gasteiger partial charge on any atom is 0.246 e. The number of benzene rings is 1. The normalized spacial score (nSPS) is 19.2. The van der Waals surface area contributed by atoms with E-state index in [1.807, 2.05) is 29.2 Å². The van der Waals surface area contributed by atoms with Gasteiger partial charge >= 0.3 is 0 Å². The Bertz CT molecular complexity index is 820. The number of nitrogens with zero attached hydrogens (tertiary/aromatic N) is 1. The van der Waals surface area contributed by atoms with Gasteiger partial charge in [-0.05, 0) is 37.1 Å². The van der Waals surface area contributed by atoms with Gasteiger partial charge in [0.2, 0.25) is 5.91 Å². The summed E-state index contributed by atoms with van der Waals surface area (Å²) in [5.74, 6) is 0.160. The highest BCUT2D eigenvalue weighted by Crippen LogP contribution is 2.31. The summed E-state index contributed by atoms with van der Waals surface area (Å²) in [7, 11) is 0. The van der Waals surface area contributed by atoms with Crippen molar-refractivity contribution in [2.75, 3.05) is 26.3 Å². The molecule has 0 unspecified atom stereocenters. The first-order valence-corrected chi connectivity index (χ1v) is 10.1. The van der Waals surface area contributed by atoms with Gasteiger partial charge in [-0.3, -0.25) is 4.79 Å². The lowest BCUT2D eigenvalue weighted by atomic mass is 9.96. The lowest BCUT2D eigenvalue weighted by Gasteiger charge is -2.33. The van der Waals surface area contributed by atoms with Crippen LogP contribution in [0.2, 0.25) is 0 Å². The van der Waals surface area contributed by atoms with Crippen LogP contribution in [0.3, 0.4) is 0 Å². The Hall–Kier alpha value is -2.02. The third-order valence-corrected chi connectivity index (χ3v) is 6.12. The summed E-state index contributed by atoms with van der Waals surface area (Å²) in [6.07, 6.45) is 5.13. The average molecular weight is 387 g/mol. The van der Waals surface area contributed by atoms with Crippen molar-refractivity contribution in [1.29, 1.82) is 0 Å². The minimum atomic E-state index is -0.232. The van der Waals surface area contributed by atoms with Crippen molar-refractivity contribution >= 4 is 23.3 Å². The van der Waals surface area contributed by atoms with Gasteiger partial charge in [-0.15, -0.1) is 11.3 Å². The summed E-state index contributed by atoms with van der Waals surface area (Å²) >= 11 is 1.48. The van der Waals surface area contributed by atoms with E-state index in [1.165, 1.54) is 17.4 Å². The highest BCUT2D eigenvalue weighted by atomic mass is 32.1. The van der Waals surface area contributed by atoms with Crippen LogP contribution >= 0.6 is 11.3 Å². The fourth-order valence-electron chi connectivity index (χ4n) is 3.55. The van der Waals surface area contributed by atoms with E-state index in [2.05, 4.69) is 0 Å². The van der Waals surface area contributed by atoms with Crippen molar-refractivity contribution in [3.63, 3.8) is 0 Å². The largest absolute Gasteiger partial charge is 0.350 e. The Balaban J connectivity index is 1.33. The molecule has 142 valence electrons. The predicted molar refractivity (Wildman–Crippen MR) is 104 cm³/mol. The molecule has 0 spiro atoms. The second-order valence-corrected chi connectivity index (χ2v) is 7.90. The van der Waals surface area contributed by atoms with Gasteiger partial charge in [-0.2, -0.15) is 0 Å². The Morgan fingerprint density at radius 3 is 2.59 bits per heavy atom. The Labute approximate surface area is 162 Å². The van der Waals surface area contributed by atoms with E-state index in [0.717, 1.165) is 35.7 Å². The molecule has 1 amide bonds. The van der Waals surface area contributed by atoms with E-state index in [-0.39, 0.29) is 18.0 Å². The number of halogens is 1. The van der Waals surface area contributed by atoms with E-state index in [1.54, 1.807) is 18.2 Å². The van der Waals surface area contributed by atoms with Crippen LogP contribution in [0.25, 0.3) is 16.5 Å². The zero-order valence-corrected chi connectivity index (χ0v) is 15.8. The molecular formula is C21H22FNO3S. The smallest absolute Gasteiger partial charge is 0.246 e. The molecule has 2 saturated heterocycles. The van der Waals surface area contributed by atoms with Crippen molar-refractivity contribution in [3.05, 3.63) is 53.2 Å². The Morgan fingerprint density at radius 1 is 1.11 bits per heavy atom. The number of hydrogen-bond acceptors (Lipinski definition) is 4. The van der Waals surface area contributed by atoms with Crippen molar-refractivity contribution < 1.29 is 18.7 Å². The van der Waals surface area contributed by atoms with Gasteiger partial charge in [0.15, 0.2) is 6.29 Å². The SMILES string of the molecule is O=C(/C=C/c1ccc(-c2ccccc2F)s1)N1CCC(C2OCCO2)CC1. The molecule has 3 heterocycles. The van der Waals surface area contributed by atoms with E-state index in [9.17, 15) is 9.18 Å². The molecule has 0 atom stereocenters. The summed E-state index contributed by atoms with van der Waals surface area (Å²) in [4.78, 5) is 16.1. The fourth-order valence-corrected chi connectivity index (χ4v) is 4.49. The minimum Gasteiger partial charge on any atom is -0.350 e. The molecule has 0 N–H and O–H groups in total. The number of thiophene rings is 1. The van der Waals surface area contributed by atoms with Crippen LogP contribution in [0.5, 0.6) is 0 Å². The summed E-state index contributed by atoms with van der Waals surface area (Å²) in [6.45, 7) is 2.79. The van der Waals surface area contributed by atoms with E-state index >= 15 is 0 Å². The molecule has 2 aliphatic rings. The van der Waals surface area contributed by atoms with Crippen LogP contribution in [0, 0.1) is 11.7 Å². The molecule has 6 heteroatoms. The summed E-state index contributed by atoms with van der Waals surface area (Å²) in [6, 6.07) is 10.5. The molecule has 27 heavy (non-hydrogen) atoms. The van der Waals surface area contributed by atoms with Crippen LogP contribution in [-0.2, 0) is 14.3 Å². The molecule has 2 aliphatic heterocycles. The van der Waals surface area contributed by atoms with Crippen molar-refractivity contribution in [2.45, 2.75) is 19.1 Å². The molecule has 0 saturated carbocycles. The molecule has 0 radical (unpaired) electrons. The molecule has 0 bridgehead atoms. The number of carbonyl (C=O) groups excluding carboxylic acids is 1. The first-order valence-electron chi connectivity index (χ1n) is 9.25. The van der Waals surface area contributed by atoms with Crippen LogP contribution in [0.1, 0.15) is 17.7 Å². The average Bonchev–Trinajstić information content (AvgIpc) is 3.39. The molecule has 4 nitrogen and oxygen atoms in total. The first-order chi connectivity index (χ1) is 13.2. The highest BCUT2D eigenvalue weighted by Gasteiger charge is 2.31. The summed E-state index contributed by atoms with van der Waals surface area (Å²) < 4.78 is 25.0. The lowest BCUT2D eigenvalue weighted by molar-refractivity contribution is -0.131.